The maximum absolute atomic E-state index is 12.3. The predicted molar refractivity (Wildman–Crippen MR) is 214 cm³/mol. The molecule has 0 bridgehead atoms. The fraction of sp³-hybridized carbons (Fsp3) is 0.357. The topological polar surface area (TPSA) is 120 Å². The van der Waals surface area contributed by atoms with Crippen LogP contribution in [0.1, 0.15) is 85.8 Å². The lowest BCUT2D eigenvalue weighted by atomic mass is 9.75. The molecule has 5 aromatic rings. The summed E-state index contributed by atoms with van der Waals surface area (Å²) in [6.07, 6.45) is -4.43. The van der Waals surface area contributed by atoms with Crippen molar-refractivity contribution in [1.82, 2.24) is 10.3 Å². The Hall–Kier alpha value is -4.50. The van der Waals surface area contributed by atoms with Crippen LogP contribution in [0.25, 0.3) is 10.9 Å². The number of carboxylic acids is 1. The van der Waals surface area contributed by atoms with Crippen molar-refractivity contribution in [3.05, 3.63) is 129 Å². The van der Waals surface area contributed by atoms with Crippen LogP contribution in [0.5, 0.6) is 0 Å². The van der Waals surface area contributed by atoms with Crippen molar-refractivity contribution in [1.29, 1.82) is 0 Å². The lowest BCUT2D eigenvalue weighted by Gasteiger charge is -2.32. The minimum absolute atomic E-state index is 0.256. The Bertz CT molecular complexity index is 2130. The molecule has 6 rings (SSSR count). The number of aryl methyl sites for hydroxylation is 2. The van der Waals surface area contributed by atoms with E-state index >= 15 is 0 Å². The average Bonchev–Trinajstić information content (AvgIpc) is 3.70. The number of fused-ring (bicyclic) bond motifs is 1. The normalized spacial score (nSPS) is 14.7. The van der Waals surface area contributed by atoms with Crippen molar-refractivity contribution in [3.8, 4) is 0 Å². The molecule has 2 N–H and O–H groups in total. The number of pyridine rings is 1. The first-order chi connectivity index (χ1) is 26.0. The van der Waals surface area contributed by atoms with Crippen LogP contribution in [-0.4, -0.2) is 47.5 Å². The Morgan fingerprint density at radius 2 is 1.54 bits per heavy atom. The number of ether oxygens (including phenoxy) is 1. The van der Waals surface area contributed by atoms with Gasteiger partial charge in [-0.2, -0.15) is 13.2 Å². The molecule has 0 unspecified atom stereocenters. The predicted octanol–water partition coefficient (Wildman–Crippen LogP) is 9.34. The second-order valence-electron chi connectivity index (χ2n) is 15.0. The lowest BCUT2D eigenvalue weighted by Crippen LogP contribution is -2.41. The number of aromatic carboxylic acids is 1. The average molecular weight is 840 g/mol. The van der Waals surface area contributed by atoms with Crippen LogP contribution in [0.4, 0.5) is 13.2 Å². The third-order valence-corrected chi connectivity index (χ3v) is 10.2. The van der Waals surface area contributed by atoms with Gasteiger partial charge in [0.05, 0.1) is 41.4 Å². The number of aromatic nitrogens is 1. The molecule has 9 nitrogen and oxygen atoms in total. The summed E-state index contributed by atoms with van der Waals surface area (Å²) in [5, 5.41) is 12.8. The molecule has 14 heteroatoms. The van der Waals surface area contributed by atoms with Crippen LogP contribution >= 0.6 is 15.9 Å². The van der Waals surface area contributed by atoms with Gasteiger partial charge in [0.2, 0.25) is 5.76 Å². The second kappa shape index (κ2) is 17.8. The molecule has 0 spiro atoms. The minimum atomic E-state index is -4.43. The van der Waals surface area contributed by atoms with E-state index in [-0.39, 0.29) is 29.5 Å². The molecular weight excluding hydrogens is 792 g/mol. The molecule has 56 heavy (non-hydrogen) atoms. The van der Waals surface area contributed by atoms with E-state index in [0.29, 0.717) is 17.5 Å². The summed E-state index contributed by atoms with van der Waals surface area (Å²) in [4.78, 5) is 27.3. The van der Waals surface area contributed by atoms with Gasteiger partial charge in [-0.1, -0.05) is 64.0 Å². The van der Waals surface area contributed by atoms with Gasteiger partial charge in [0, 0.05) is 22.1 Å². The van der Waals surface area contributed by atoms with Gasteiger partial charge in [-0.25, -0.2) is 4.79 Å². The Labute approximate surface area is 334 Å². The summed E-state index contributed by atoms with van der Waals surface area (Å²) in [7, 11) is 0.973. The summed E-state index contributed by atoms with van der Waals surface area (Å²) in [5.41, 5.74) is 4.18. The third-order valence-electron chi connectivity index (χ3n) is 9.63. The molecule has 1 fully saturated rings. The number of methoxy groups -OCH3 is 1. The van der Waals surface area contributed by atoms with E-state index in [9.17, 15) is 22.8 Å². The monoisotopic (exact) mass is 838 g/mol. The second-order valence-corrected chi connectivity index (χ2v) is 15.9. The highest BCUT2D eigenvalue weighted by molar-refractivity contribution is 9.10. The van der Waals surface area contributed by atoms with Crippen molar-refractivity contribution in [3.63, 3.8) is 0 Å². The maximum atomic E-state index is 12.3. The fourth-order valence-electron chi connectivity index (χ4n) is 5.63. The van der Waals surface area contributed by atoms with Crippen LogP contribution in [0.2, 0.25) is 0 Å². The Morgan fingerprint density at radius 3 is 2.11 bits per heavy atom. The number of halogens is 4. The maximum Gasteiger partial charge on any atom is 0.494 e. The van der Waals surface area contributed by atoms with Crippen molar-refractivity contribution >= 4 is 51.4 Å². The van der Waals surface area contributed by atoms with Gasteiger partial charge in [0.1, 0.15) is 5.76 Å². The molecule has 1 aliphatic rings. The highest BCUT2D eigenvalue weighted by Crippen LogP contribution is 2.37. The van der Waals surface area contributed by atoms with E-state index in [2.05, 4.69) is 26.2 Å². The van der Waals surface area contributed by atoms with Crippen molar-refractivity contribution in [2.45, 2.75) is 91.3 Å². The fourth-order valence-corrected chi connectivity index (χ4v) is 5.90. The SMILES string of the molecule is COC(=O)C(C)(C)c1cccc(B2OC(C)(C)C(C)(C)O2)c1.Cc1ccc2nc(C)cc(C(=O)O)c2c1.FC(F)(F)c1ccc(CNCc2ccc(Br)cc2)o1. The van der Waals surface area contributed by atoms with E-state index in [0.717, 1.165) is 43.9 Å². The molecule has 0 radical (unpaired) electrons. The summed E-state index contributed by atoms with van der Waals surface area (Å²) in [5.74, 6) is -1.87. The standard InChI is InChI=1S/C17H25BO4.C13H11BrF3NO.C12H11NO2/c1-15(2,14(19)20-7)12-9-8-10-13(11-12)18-21-16(3,4)17(5,6)22-18;14-10-3-1-9(2-4-10)7-18-8-11-5-6-12(19-11)13(15,16)17;1-7-3-4-11-9(5-7)10(12(14)15)6-8(2)13-11/h8-11H,1-7H3;1-6,18H,7-8H2;3-6H,1-2H3,(H,14,15). The first-order valence-electron chi connectivity index (χ1n) is 17.8. The number of esters is 1. The van der Waals surface area contributed by atoms with Gasteiger partial charge in [-0.05, 0) is 114 Å². The first-order valence-corrected chi connectivity index (χ1v) is 18.6. The van der Waals surface area contributed by atoms with Gasteiger partial charge in [0.25, 0.3) is 0 Å². The van der Waals surface area contributed by atoms with E-state index in [1.807, 2.05) is 115 Å². The molecule has 298 valence electrons. The summed E-state index contributed by atoms with van der Waals surface area (Å²) in [6.45, 7) is 16.3. The van der Waals surface area contributed by atoms with Crippen LogP contribution in [0.15, 0.2) is 93.8 Å². The number of furan rings is 1. The molecular formula is C42H47BBrF3N2O7. The summed E-state index contributed by atoms with van der Waals surface area (Å²) in [6, 6.07) is 24.9. The molecule has 0 aliphatic carbocycles. The highest BCUT2D eigenvalue weighted by Gasteiger charge is 2.52. The number of carbonyl (C=O) groups is 2. The molecule has 3 heterocycles. The smallest absolute Gasteiger partial charge is 0.478 e. The first kappa shape index (κ1) is 44.2. The minimum Gasteiger partial charge on any atom is -0.478 e. The molecule has 0 atom stereocenters. The van der Waals surface area contributed by atoms with E-state index in [1.165, 1.54) is 13.2 Å². The zero-order valence-electron chi connectivity index (χ0n) is 32.9. The van der Waals surface area contributed by atoms with Crippen molar-refractivity contribution in [2.24, 2.45) is 0 Å². The summed E-state index contributed by atoms with van der Waals surface area (Å²) < 4.78 is 59.6. The molecule has 0 saturated carbocycles. The quantitative estimate of drug-likeness (QED) is 0.116. The third kappa shape index (κ3) is 11.1. The van der Waals surface area contributed by atoms with E-state index in [4.69, 9.17) is 23.6 Å². The van der Waals surface area contributed by atoms with Gasteiger partial charge in [0.15, 0.2) is 0 Å². The summed E-state index contributed by atoms with van der Waals surface area (Å²) >= 11 is 3.33. The number of nitrogens with zero attached hydrogens (tertiary/aromatic N) is 1. The number of nitrogens with one attached hydrogen (secondary N) is 1. The van der Waals surface area contributed by atoms with Gasteiger partial charge >= 0.3 is 25.2 Å². The number of carboxylic acid groups (broad SMARTS) is 1. The highest BCUT2D eigenvalue weighted by atomic mass is 79.9. The number of rotatable bonds is 8. The number of hydrogen-bond acceptors (Lipinski definition) is 8. The van der Waals surface area contributed by atoms with Crippen LogP contribution in [0.3, 0.4) is 0 Å². The zero-order valence-corrected chi connectivity index (χ0v) is 34.5. The van der Waals surface area contributed by atoms with Crippen LogP contribution in [-0.2, 0) is 43.5 Å². The van der Waals surface area contributed by atoms with Gasteiger partial charge in [-0.15, -0.1) is 0 Å². The van der Waals surface area contributed by atoms with E-state index < -0.39 is 30.4 Å². The van der Waals surface area contributed by atoms with E-state index in [1.54, 1.807) is 13.0 Å². The zero-order chi connectivity index (χ0) is 41.6. The van der Waals surface area contributed by atoms with Crippen LogP contribution in [0, 0.1) is 13.8 Å². The number of alkyl halides is 3. The number of carbonyl (C=O) groups excluding carboxylic acids is 1. The van der Waals surface area contributed by atoms with Gasteiger partial charge < -0.3 is 28.9 Å². The van der Waals surface area contributed by atoms with Gasteiger partial charge in [-0.3, -0.25) is 9.78 Å². The largest absolute Gasteiger partial charge is 0.494 e. The molecule has 1 saturated heterocycles. The lowest BCUT2D eigenvalue weighted by molar-refractivity contribution is -0.153. The molecule has 0 amide bonds. The Kier molecular flexibility index (Phi) is 14.0. The van der Waals surface area contributed by atoms with Crippen molar-refractivity contribution in [2.75, 3.05) is 7.11 Å². The van der Waals surface area contributed by atoms with Crippen LogP contribution < -0.4 is 10.8 Å². The molecule has 1 aliphatic heterocycles. The Balaban J connectivity index is 0.000000190. The number of hydrogen-bond donors (Lipinski definition) is 2. The molecule has 2 aromatic heterocycles. The Morgan fingerprint density at radius 1 is 0.893 bits per heavy atom. The number of benzene rings is 3. The van der Waals surface area contributed by atoms with Crippen molar-refractivity contribution < 1.29 is 46.3 Å². The molecule has 3 aromatic carbocycles.